The molecule has 4 N–H and O–H groups in total. The smallest absolute Gasteiger partial charge is 0.255 e. The molecule has 0 heterocycles. The van der Waals surface area contributed by atoms with Crippen molar-refractivity contribution in [2.75, 3.05) is 26.0 Å². The van der Waals surface area contributed by atoms with Crippen molar-refractivity contribution in [2.45, 2.75) is 19.8 Å². The Morgan fingerprint density at radius 1 is 1.53 bits per heavy atom. The van der Waals surface area contributed by atoms with Crippen molar-refractivity contribution in [3.8, 4) is 5.75 Å². The predicted octanol–water partition coefficient (Wildman–Crippen LogP) is 1.42. The minimum atomic E-state index is -0.173. The number of ether oxygens (including phenoxy) is 1. The molecule has 0 spiro atoms. The highest BCUT2D eigenvalue weighted by atomic mass is 16.5. The van der Waals surface area contributed by atoms with Crippen molar-refractivity contribution < 1.29 is 14.6 Å². The number of nitrogen functional groups attached to an aromatic ring is 1. The molecule has 5 heteroatoms. The number of carbonyl (C=O) groups is 1. The highest BCUT2D eigenvalue weighted by Gasteiger charge is 2.11. The Morgan fingerprint density at radius 2 is 2.26 bits per heavy atom. The molecule has 0 saturated heterocycles. The second-order valence-corrected chi connectivity index (χ2v) is 4.65. The normalized spacial score (nSPS) is 11.9. The first-order chi connectivity index (χ1) is 9.08. The van der Waals surface area contributed by atoms with Gasteiger partial charge in [-0.05, 0) is 30.9 Å². The molecule has 1 unspecified atom stereocenters. The Hall–Kier alpha value is -1.75. The average molecular weight is 266 g/mol. The number of amides is 1. The molecule has 1 atom stereocenters. The molecule has 106 valence electrons. The van der Waals surface area contributed by atoms with Crippen LogP contribution in [0.1, 0.15) is 30.1 Å². The monoisotopic (exact) mass is 266 g/mol. The van der Waals surface area contributed by atoms with E-state index in [-0.39, 0.29) is 18.4 Å². The predicted molar refractivity (Wildman–Crippen MR) is 75.2 cm³/mol. The van der Waals surface area contributed by atoms with Gasteiger partial charge in [-0.1, -0.05) is 6.92 Å². The van der Waals surface area contributed by atoms with Gasteiger partial charge in [0.25, 0.3) is 5.91 Å². The third-order valence-electron chi connectivity index (χ3n) is 2.94. The molecular formula is C14H22N2O3. The number of nitrogens with two attached hydrogens (primary N) is 1. The minimum absolute atomic E-state index is 0.173. The van der Waals surface area contributed by atoms with Gasteiger partial charge in [-0.15, -0.1) is 0 Å². The Bertz CT molecular complexity index is 421. The van der Waals surface area contributed by atoms with E-state index in [1.165, 1.54) is 7.11 Å². The molecule has 19 heavy (non-hydrogen) atoms. The molecule has 1 amide bonds. The van der Waals surface area contributed by atoms with E-state index in [9.17, 15) is 4.79 Å². The van der Waals surface area contributed by atoms with Crippen molar-refractivity contribution in [3.63, 3.8) is 0 Å². The van der Waals surface area contributed by atoms with Crippen LogP contribution in [0.4, 0.5) is 5.69 Å². The van der Waals surface area contributed by atoms with Gasteiger partial charge in [-0.3, -0.25) is 4.79 Å². The highest BCUT2D eigenvalue weighted by molar-refractivity contribution is 5.97. The van der Waals surface area contributed by atoms with E-state index in [4.69, 9.17) is 15.6 Å². The van der Waals surface area contributed by atoms with Gasteiger partial charge in [0, 0.05) is 24.9 Å². The maximum Gasteiger partial charge on any atom is 0.255 e. The number of aliphatic hydroxyl groups excluding tert-OH is 1. The third-order valence-corrected chi connectivity index (χ3v) is 2.94. The van der Waals surface area contributed by atoms with Crippen LogP contribution < -0.4 is 15.8 Å². The molecule has 1 aromatic rings. The van der Waals surface area contributed by atoms with Gasteiger partial charge < -0.3 is 20.9 Å². The Kier molecular flexibility index (Phi) is 6.15. The number of anilines is 1. The molecule has 0 aliphatic heterocycles. The number of rotatable bonds is 7. The van der Waals surface area contributed by atoms with Crippen LogP contribution in [0.5, 0.6) is 5.75 Å². The summed E-state index contributed by atoms with van der Waals surface area (Å²) in [5, 5.41) is 11.7. The maximum absolute atomic E-state index is 12.0. The number of aliphatic hydroxyl groups is 1. The van der Waals surface area contributed by atoms with Gasteiger partial charge in [-0.2, -0.15) is 0 Å². The second kappa shape index (κ2) is 7.63. The van der Waals surface area contributed by atoms with E-state index in [1.807, 2.05) is 6.92 Å². The molecule has 1 rings (SSSR count). The topological polar surface area (TPSA) is 84.6 Å². The molecule has 0 aromatic heterocycles. The van der Waals surface area contributed by atoms with Crippen molar-refractivity contribution in [2.24, 2.45) is 5.92 Å². The van der Waals surface area contributed by atoms with Crippen LogP contribution in [0.25, 0.3) is 0 Å². The molecule has 0 bridgehead atoms. The summed E-state index contributed by atoms with van der Waals surface area (Å²) in [6.07, 6.45) is 1.72. The van der Waals surface area contributed by atoms with Crippen LogP contribution in [0.2, 0.25) is 0 Å². The summed E-state index contributed by atoms with van der Waals surface area (Å²) in [6.45, 7) is 2.74. The number of hydrogen-bond acceptors (Lipinski definition) is 4. The van der Waals surface area contributed by atoms with E-state index < -0.39 is 0 Å². The first-order valence-electron chi connectivity index (χ1n) is 6.41. The SMILES string of the molecule is COc1cc(N)ccc1C(=O)NCCCC(C)CO. The average Bonchev–Trinajstić information content (AvgIpc) is 2.42. The molecule has 0 saturated carbocycles. The molecular weight excluding hydrogens is 244 g/mol. The fourth-order valence-corrected chi connectivity index (χ4v) is 1.73. The summed E-state index contributed by atoms with van der Waals surface area (Å²) in [6, 6.07) is 4.95. The Balaban J connectivity index is 2.49. The molecule has 0 aliphatic carbocycles. The third kappa shape index (κ3) is 4.79. The molecule has 0 radical (unpaired) electrons. The highest BCUT2D eigenvalue weighted by Crippen LogP contribution is 2.21. The van der Waals surface area contributed by atoms with Crippen LogP contribution >= 0.6 is 0 Å². The van der Waals surface area contributed by atoms with E-state index in [0.29, 0.717) is 23.5 Å². The van der Waals surface area contributed by atoms with Crippen molar-refractivity contribution >= 4 is 11.6 Å². The van der Waals surface area contributed by atoms with Crippen molar-refractivity contribution in [3.05, 3.63) is 23.8 Å². The fraction of sp³-hybridized carbons (Fsp3) is 0.500. The minimum Gasteiger partial charge on any atom is -0.496 e. The summed E-state index contributed by atoms with van der Waals surface area (Å²) in [5.41, 5.74) is 6.68. The molecule has 1 aromatic carbocycles. The summed E-state index contributed by atoms with van der Waals surface area (Å²) in [4.78, 5) is 12.0. The lowest BCUT2D eigenvalue weighted by Gasteiger charge is -2.11. The number of benzene rings is 1. The summed E-state index contributed by atoms with van der Waals surface area (Å²) < 4.78 is 5.14. The zero-order valence-corrected chi connectivity index (χ0v) is 11.5. The summed E-state index contributed by atoms with van der Waals surface area (Å²) in [5.74, 6) is 0.567. The summed E-state index contributed by atoms with van der Waals surface area (Å²) >= 11 is 0. The number of hydrogen-bond donors (Lipinski definition) is 3. The van der Waals surface area contributed by atoms with Gasteiger partial charge in [0.05, 0.1) is 12.7 Å². The lowest BCUT2D eigenvalue weighted by molar-refractivity contribution is 0.0949. The molecule has 0 fully saturated rings. The lowest BCUT2D eigenvalue weighted by atomic mass is 10.1. The van der Waals surface area contributed by atoms with Crippen molar-refractivity contribution in [1.29, 1.82) is 0 Å². The van der Waals surface area contributed by atoms with Gasteiger partial charge in [-0.25, -0.2) is 0 Å². The first-order valence-corrected chi connectivity index (χ1v) is 6.41. The first kappa shape index (κ1) is 15.3. The van der Waals surface area contributed by atoms with Crippen LogP contribution in [0.3, 0.4) is 0 Å². The standard InChI is InChI=1S/C14H22N2O3/c1-10(9-17)4-3-7-16-14(18)12-6-5-11(15)8-13(12)19-2/h5-6,8,10,17H,3-4,7,9,15H2,1-2H3,(H,16,18). The quantitative estimate of drug-likeness (QED) is 0.514. The molecule has 5 nitrogen and oxygen atoms in total. The van der Waals surface area contributed by atoms with Gasteiger partial charge >= 0.3 is 0 Å². The lowest BCUT2D eigenvalue weighted by Crippen LogP contribution is -2.25. The van der Waals surface area contributed by atoms with Crippen LogP contribution in [-0.4, -0.2) is 31.3 Å². The fourth-order valence-electron chi connectivity index (χ4n) is 1.73. The van der Waals surface area contributed by atoms with E-state index >= 15 is 0 Å². The van der Waals surface area contributed by atoms with E-state index in [2.05, 4.69) is 5.32 Å². The van der Waals surface area contributed by atoms with Crippen LogP contribution in [0.15, 0.2) is 18.2 Å². The van der Waals surface area contributed by atoms with Crippen molar-refractivity contribution in [1.82, 2.24) is 5.32 Å². The zero-order chi connectivity index (χ0) is 14.3. The van der Waals surface area contributed by atoms with Gasteiger partial charge in [0.1, 0.15) is 5.75 Å². The zero-order valence-electron chi connectivity index (χ0n) is 11.5. The Morgan fingerprint density at radius 3 is 2.89 bits per heavy atom. The van der Waals surface area contributed by atoms with Gasteiger partial charge in [0.15, 0.2) is 0 Å². The maximum atomic E-state index is 12.0. The largest absolute Gasteiger partial charge is 0.496 e. The molecule has 0 aliphatic rings. The number of carbonyl (C=O) groups excluding carboxylic acids is 1. The van der Waals surface area contributed by atoms with Gasteiger partial charge in [0.2, 0.25) is 0 Å². The van der Waals surface area contributed by atoms with E-state index in [0.717, 1.165) is 12.8 Å². The number of nitrogens with one attached hydrogen (secondary N) is 1. The summed E-state index contributed by atoms with van der Waals surface area (Å²) in [7, 11) is 1.51. The second-order valence-electron chi connectivity index (χ2n) is 4.65. The van der Waals surface area contributed by atoms with E-state index in [1.54, 1.807) is 18.2 Å². The van der Waals surface area contributed by atoms with Crippen LogP contribution in [-0.2, 0) is 0 Å². The number of methoxy groups -OCH3 is 1. The Labute approximate surface area is 113 Å². The van der Waals surface area contributed by atoms with Crippen LogP contribution in [0, 0.1) is 5.92 Å².